The van der Waals surface area contributed by atoms with Crippen LogP contribution < -0.4 is 0 Å². The summed E-state index contributed by atoms with van der Waals surface area (Å²) in [4.78, 5) is 25.3. The van der Waals surface area contributed by atoms with Gasteiger partial charge in [0.2, 0.25) is 0 Å². The first-order valence-corrected chi connectivity index (χ1v) is 23.3. The fraction of sp³-hybridized carbons (Fsp3) is 0.652. The molecule has 0 amide bonds. The number of aliphatic hydroxyl groups excluding tert-OH is 3. The van der Waals surface area contributed by atoms with Gasteiger partial charge in [-0.05, 0) is 77.0 Å². The number of aliphatic hydroxyl groups is 3. The number of esters is 2. The minimum atomic E-state index is -4.62. The lowest BCUT2D eigenvalue weighted by molar-refractivity contribution is -0.297. The average Bonchev–Trinajstić information content (AvgIpc) is 3.20. The Kier molecular flexibility index (Phi) is 32.5. The van der Waals surface area contributed by atoms with Crippen molar-refractivity contribution in [2.75, 3.05) is 19.0 Å². The highest BCUT2D eigenvalue weighted by molar-refractivity contribution is 7.85. The van der Waals surface area contributed by atoms with Crippen LogP contribution in [0.25, 0.3) is 0 Å². The smallest absolute Gasteiger partial charge is 0.306 e. The minimum absolute atomic E-state index is 0.0329. The molecule has 336 valence electrons. The third-order valence-corrected chi connectivity index (χ3v) is 9.97. The number of hydrogen-bond donors (Lipinski definition) is 4. The lowest BCUT2D eigenvalue weighted by Gasteiger charge is -2.40. The van der Waals surface area contributed by atoms with E-state index in [1.165, 1.54) is 19.3 Å². The van der Waals surface area contributed by atoms with Gasteiger partial charge in [-0.15, -0.1) is 0 Å². The molecule has 0 aromatic heterocycles. The van der Waals surface area contributed by atoms with Crippen LogP contribution in [-0.4, -0.2) is 96.0 Å². The van der Waals surface area contributed by atoms with E-state index in [0.717, 1.165) is 70.6 Å². The van der Waals surface area contributed by atoms with Gasteiger partial charge in [-0.2, -0.15) is 8.42 Å². The zero-order valence-electron chi connectivity index (χ0n) is 35.6. The van der Waals surface area contributed by atoms with Crippen molar-refractivity contribution < 1.29 is 56.8 Å². The molecule has 1 heterocycles. The van der Waals surface area contributed by atoms with Gasteiger partial charge in [-0.1, -0.05) is 131 Å². The van der Waals surface area contributed by atoms with Gasteiger partial charge in [0, 0.05) is 12.8 Å². The molecule has 0 aromatic rings. The Morgan fingerprint density at radius 3 is 1.66 bits per heavy atom. The highest BCUT2D eigenvalue weighted by atomic mass is 32.2. The van der Waals surface area contributed by atoms with E-state index in [1.54, 1.807) is 0 Å². The standard InChI is InChI=1S/C46H74O12S/c1-3-5-7-9-11-13-15-17-18-19-20-21-22-23-25-27-29-31-33-35-42(48)57-39(37-56-46-45(51)44(50)43(49)40(58-46)38-59(52,53)54)36-55-41(47)34-32-30-28-26-24-16-14-12-10-8-6-4-2/h5,7,11-14,17-18,20-21,23,25,29,31,39-40,43-46,49-51H,3-4,6,8-10,15-16,19,22,24,26-28,30,32-38H2,1-2H3,(H,52,53,54)/b7-5-,13-11-,14-12-,18-17-,21-20-,25-23-,31-29-. The van der Waals surface area contributed by atoms with Crippen molar-refractivity contribution in [3.05, 3.63) is 85.1 Å². The number of rotatable bonds is 34. The molecule has 59 heavy (non-hydrogen) atoms. The van der Waals surface area contributed by atoms with Crippen molar-refractivity contribution in [3.63, 3.8) is 0 Å². The molecule has 0 spiro atoms. The van der Waals surface area contributed by atoms with Gasteiger partial charge in [0.25, 0.3) is 10.1 Å². The van der Waals surface area contributed by atoms with Crippen LogP contribution in [0, 0.1) is 0 Å². The van der Waals surface area contributed by atoms with Gasteiger partial charge in [0.1, 0.15) is 36.8 Å². The fourth-order valence-corrected chi connectivity index (χ4v) is 6.56. The Bertz CT molecular complexity index is 1410. The van der Waals surface area contributed by atoms with E-state index in [1.807, 2.05) is 18.2 Å². The Hall–Kier alpha value is -3.17. The van der Waals surface area contributed by atoms with Crippen molar-refractivity contribution in [1.82, 2.24) is 0 Å². The van der Waals surface area contributed by atoms with E-state index in [9.17, 15) is 37.9 Å². The molecule has 1 aliphatic rings. The minimum Gasteiger partial charge on any atom is -0.462 e. The number of unbranched alkanes of at least 4 members (excludes halogenated alkanes) is 8. The third kappa shape index (κ3) is 30.5. The largest absolute Gasteiger partial charge is 0.462 e. The number of ether oxygens (including phenoxy) is 4. The van der Waals surface area contributed by atoms with E-state index in [0.29, 0.717) is 19.3 Å². The number of carbonyl (C=O) groups excluding carboxylic acids is 2. The highest BCUT2D eigenvalue weighted by Crippen LogP contribution is 2.24. The Balaban J connectivity index is 2.54. The summed E-state index contributed by atoms with van der Waals surface area (Å²) in [6.07, 6.45) is 36.5. The second-order valence-corrected chi connectivity index (χ2v) is 16.1. The molecule has 0 aliphatic carbocycles. The SMILES string of the molecule is CC/C=C\C/C=C\C/C=C\C/C=C\C/C=C\C/C=C\CCC(=O)OC(COC(=O)CCCCCCC/C=C\CCCCC)COC1OC(CS(=O)(=O)O)C(O)C(O)C1O. The van der Waals surface area contributed by atoms with Crippen LogP contribution in [0.2, 0.25) is 0 Å². The van der Waals surface area contributed by atoms with Gasteiger partial charge >= 0.3 is 11.9 Å². The van der Waals surface area contributed by atoms with Crippen LogP contribution in [0.15, 0.2) is 85.1 Å². The fourth-order valence-electron chi connectivity index (χ4n) is 5.87. The molecule has 0 radical (unpaired) electrons. The summed E-state index contributed by atoms with van der Waals surface area (Å²) >= 11 is 0. The summed E-state index contributed by atoms with van der Waals surface area (Å²) in [6, 6.07) is 0. The van der Waals surface area contributed by atoms with Crippen molar-refractivity contribution in [1.29, 1.82) is 0 Å². The molecule has 1 rings (SSSR count). The molecule has 13 heteroatoms. The zero-order valence-corrected chi connectivity index (χ0v) is 36.4. The van der Waals surface area contributed by atoms with E-state index in [2.05, 4.69) is 80.7 Å². The second-order valence-electron chi connectivity index (χ2n) is 14.6. The predicted molar refractivity (Wildman–Crippen MR) is 233 cm³/mol. The van der Waals surface area contributed by atoms with E-state index >= 15 is 0 Å². The quantitative estimate of drug-likeness (QED) is 0.0210. The normalized spacial score (nSPS) is 21.1. The van der Waals surface area contributed by atoms with Crippen molar-refractivity contribution in [2.24, 2.45) is 0 Å². The zero-order chi connectivity index (χ0) is 43.4. The van der Waals surface area contributed by atoms with E-state index in [-0.39, 0.29) is 19.4 Å². The monoisotopic (exact) mass is 850 g/mol. The van der Waals surface area contributed by atoms with Crippen LogP contribution in [0.3, 0.4) is 0 Å². The van der Waals surface area contributed by atoms with Gasteiger partial charge < -0.3 is 34.3 Å². The topological polar surface area (TPSA) is 186 Å². The molecule has 1 aliphatic heterocycles. The Labute approximate surface area is 354 Å². The number of hydrogen-bond acceptors (Lipinski definition) is 11. The predicted octanol–water partition coefficient (Wildman–Crippen LogP) is 8.50. The van der Waals surface area contributed by atoms with Crippen molar-refractivity contribution in [3.8, 4) is 0 Å². The first-order chi connectivity index (χ1) is 28.5. The summed E-state index contributed by atoms with van der Waals surface area (Å²) in [5.41, 5.74) is 0. The summed E-state index contributed by atoms with van der Waals surface area (Å²) in [6.45, 7) is 3.52. The van der Waals surface area contributed by atoms with Gasteiger partial charge in [0.15, 0.2) is 12.4 Å². The lowest BCUT2D eigenvalue weighted by atomic mass is 10.00. The molecule has 6 unspecified atom stereocenters. The third-order valence-electron chi connectivity index (χ3n) is 9.22. The van der Waals surface area contributed by atoms with Crippen molar-refractivity contribution >= 4 is 22.1 Å². The molecule has 12 nitrogen and oxygen atoms in total. The molecule has 1 saturated heterocycles. The number of carbonyl (C=O) groups is 2. The maximum Gasteiger partial charge on any atom is 0.306 e. The van der Waals surface area contributed by atoms with E-state index in [4.69, 9.17) is 18.9 Å². The van der Waals surface area contributed by atoms with Gasteiger partial charge in [-0.3, -0.25) is 14.1 Å². The van der Waals surface area contributed by atoms with Crippen LogP contribution >= 0.6 is 0 Å². The van der Waals surface area contributed by atoms with Gasteiger partial charge in [-0.25, -0.2) is 0 Å². The van der Waals surface area contributed by atoms with Crippen molar-refractivity contribution in [2.45, 2.75) is 173 Å². The molecular weight excluding hydrogens is 777 g/mol. The molecular formula is C46H74O12S. The molecule has 0 bridgehead atoms. The highest BCUT2D eigenvalue weighted by Gasteiger charge is 2.46. The first-order valence-electron chi connectivity index (χ1n) is 21.6. The Morgan fingerprint density at radius 1 is 0.593 bits per heavy atom. The summed E-state index contributed by atoms with van der Waals surface area (Å²) in [5.74, 6) is -2.12. The average molecular weight is 851 g/mol. The number of allylic oxidation sites excluding steroid dienone is 14. The first kappa shape index (κ1) is 53.8. The Morgan fingerprint density at radius 2 is 1.10 bits per heavy atom. The molecule has 0 aromatic carbocycles. The van der Waals surface area contributed by atoms with Crippen LogP contribution in [0.4, 0.5) is 0 Å². The molecule has 0 saturated carbocycles. The molecule has 6 atom stereocenters. The maximum absolute atomic E-state index is 12.8. The molecule has 1 fully saturated rings. The van der Waals surface area contributed by atoms with Gasteiger partial charge in [0.05, 0.1) is 6.61 Å². The summed E-state index contributed by atoms with van der Waals surface area (Å²) < 4.78 is 53.9. The van der Waals surface area contributed by atoms with E-state index < -0.39 is 71.2 Å². The summed E-state index contributed by atoms with van der Waals surface area (Å²) in [5, 5.41) is 30.8. The van der Waals surface area contributed by atoms with Crippen LogP contribution in [0.1, 0.15) is 136 Å². The maximum atomic E-state index is 12.8. The van der Waals surface area contributed by atoms with Crippen LogP contribution in [0.5, 0.6) is 0 Å². The summed E-state index contributed by atoms with van der Waals surface area (Å²) in [7, 11) is -4.62. The van der Waals surface area contributed by atoms with Crippen LogP contribution in [-0.2, 0) is 38.7 Å². The molecule has 4 N–H and O–H groups in total. The lowest BCUT2D eigenvalue weighted by Crippen LogP contribution is -2.60. The second kappa shape index (κ2) is 35.6.